The van der Waals surface area contributed by atoms with Gasteiger partial charge in [-0.3, -0.25) is 0 Å². The largest absolute Gasteiger partial charge is 0.478 e. The number of halogens is 1. The molecule has 0 aliphatic rings. The van der Waals surface area contributed by atoms with Gasteiger partial charge in [-0.15, -0.1) is 6.42 Å². The summed E-state index contributed by atoms with van der Waals surface area (Å²) in [6.45, 7) is 0. The van der Waals surface area contributed by atoms with Gasteiger partial charge in [0.25, 0.3) is 0 Å². The number of hydrogen-bond acceptors (Lipinski definition) is 1. The van der Waals surface area contributed by atoms with E-state index in [0.717, 1.165) is 0 Å². The molecule has 2 nitrogen and oxygen atoms in total. The van der Waals surface area contributed by atoms with Crippen LogP contribution in [0.5, 0.6) is 0 Å². The topological polar surface area (TPSA) is 37.3 Å². The van der Waals surface area contributed by atoms with Gasteiger partial charge in [0, 0.05) is 5.56 Å². The van der Waals surface area contributed by atoms with Crippen LogP contribution in [0, 0.1) is 12.3 Å². The van der Waals surface area contributed by atoms with E-state index < -0.39 is 5.97 Å². The van der Waals surface area contributed by atoms with Crippen molar-refractivity contribution < 1.29 is 9.90 Å². The summed E-state index contributed by atoms with van der Waals surface area (Å²) in [5.41, 5.74) is 0.640. The number of hydrogen-bond donors (Lipinski definition) is 1. The van der Waals surface area contributed by atoms with Crippen LogP contribution in [-0.2, 0) is 0 Å². The smallest absolute Gasteiger partial charge is 0.335 e. The minimum Gasteiger partial charge on any atom is -0.478 e. The van der Waals surface area contributed by atoms with E-state index in [1.165, 1.54) is 18.2 Å². The first kappa shape index (κ1) is 8.63. The molecule has 0 saturated heterocycles. The van der Waals surface area contributed by atoms with Crippen LogP contribution in [0.3, 0.4) is 0 Å². The van der Waals surface area contributed by atoms with E-state index >= 15 is 0 Å². The van der Waals surface area contributed by atoms with Gasteiger partial charge in [0.2, 0.25) is 0 Å². The Bertz CT molecular complexity index is 363. The molecule has 0 saturated carbocycles. The molecule has 0 heterocycles. The van der Waals surface area contributed by atoms with E-state index in [1.54, 1.807) is 0 Å². The number of benzene rings is 1. The van der Waals surface area contributed by atoms with E-state index in [2.05, 4.69) is 5.92 Å². The lowest BCUT2D eigenvalue weighted by Crippen LogP contribution is -1.95. The fourth-order valence-corrected chi connectivity index (χ4v) is 1.00. The Morgan fingerprint density at radius 3 is 2.67 bits per heavy atom. The van der Waals surface area contributed by atoms with Crippen LogP contribution in [0.15, 0.2) is 18.2 Å². The lowest BCUT2D eigenvalue weighted by Gasteiger charge is -1.97. The summed E-state index contributed by atoms with van der Waals surface area (Å²) in [7, 11) is 0. The Kier molecular flexibility index (Phi) is 2.37. The van der Waals surface area contributed by atoms with E-state index in [9.17, 15) is 4.79 Å². The Morgan fingerprint density at radius 1 is 1.58 bits per heavy atom. The molecule has 0 radical (unpaired) electrons. The molecule has 0 aliphatic heterocycles. The van der Waals surface area contributed by atoms with Crippen LogP contribution in [0.2, 0.25) is 5.02 Å². The molecular formula is C9H5ClO2. The third-order valence-electron chi connectivity index (χ3n) is 1.37. The highest BCUT2D eigenvalue weighted by Gasteiger charge is 2.04. The zero-order valence-electron chi connectivity index (χ0n) is 6.04. The van der Waals surface area contributed by atoms with Gasteiger partial charge < -0.3 is 5.11 Å². The quantitative estimate of drug-likeness (QED) is 0.672. The van der Waals surface area contributed by atoms with E-state index in [4.69, 9.17) is 23.1 Å². The third-order valence-corrected chi connectivity index (χ3v) is 1.68. The van der Waals surface area contributed by atoms with Crippen LogP contribution in [0.1, 0.15) is 15.9 Å². The summed E-state index contributed by atoms with van der Waals surface area (Å²) in [6, 6.07) is 4.26. The lowest BCUT2D eigenvalue weighted by atomic mass is 10.1. The van der Waals surface area contributed by atoms with Crippen LogP contribution in [-0.4, -0.2) is 11.1 Å². The molecule has 1 aromatic carbocycles. The molecule has 1 rings (SSSR count). The van der Waals surface area contributed by atoms with E-state index in [0.29, 0.717) is 5.56 Å². The molecule has 3 heteroatoms. The summed E-state index contributed by atoms with van der Waals surface area (Å²) in [4.78, 5) is 10.4. The predicted octanol–water partition coefficient (Wildman–Crippen LogP) is 2.02. The molecule has 0 unspecified atom stereocenters. The summed E-state index contributed by atoms with van der Waals surface area (Å²) in [5, 5.41) is 8.85. The molecule has 0 bridgehead atoms. The molecule has 0 aliphatic carbocycles. The lowest BCUT2D eigenvalue weighted by molar-refractivity contribution is 0.0697. The molecule has 0 atom stereocenters. The summed E-state index contributed by atoms with van der Waals surface area (Å²) < 4.78 is 0. The molecule has 0 fully saturated rings. The number of carboxylic acid groups (broad SMARTS) is 1. The minimum absolute atomic E-state index is 0.138. The van der Waals surface area contributed by atoms with Crippen LogP contribution in [0.4, 0.5) is 0 Å². The van der Waals surface area contributed by atoms with Crippen molar-refractivity contribution in [1.29, 1.82) is 0 Å². The Morgan fingerprint density at radius 2 is 2.25 bits per heavy atom. The minimum atomic E-state index is -1.01. The number of aromatic carboxylic acids is 1. The monoisotopic (exact) mass is 180 g/mol. The maximum atomic E-state index is 10.4. The summed E-state index contributed by atoms with van der Waals surface area (Å²) in [6.07, 6.45) is 5.09. The SMILES string of the molecule is C#Cc1ccc(C(=O)O)cc1Cl. The molecule has 60 valence electrons. The summed E-state index contributed by atoms with van der Waals surface area (Å²) in [5.74, 6) is 1.32. The molecule has 1 aromatic rings. The summed E-state index contributed by atoms with van der Waals surface area (Å²) >= 11 is 5.67. The number of rotatable bonds is 1. The van der Waals surface area contributed by atoms with Crippen LogP contribution < -0.4 is 0 Å². The van der Waals surface area contributed by atoms with Crippen molar-refractivity contribution in [2.75, 3.05) is 0 Å². The molecule has 1 N–H and O–H groups in total. The highest BCUT2D eigenvalue weighted by atomic mass is 35.5. The van der Waals surface area contributed by atoms with Crippen molar-refractivity contribution in [1.82, 2.24) is 0 Å². The van der Waals surface area contributed by atoms with E-state index in [1.807, 2.05) is 0 Å². The van der Waals surface area contributed by atoms with Gasteiger partial charge in [0.1, 0.15) is 0 Å². The maximum absolute atomic E-state index is 10.4. The Hall–Kier alpha value is -1.46. The normalized spacial score (nSPS) is 9.00. The van der Waals surface area contributed by atoms with Gasteiger partial charge in [-0.2, -0.15) is 0 Å². The molecular weight excluding hydrogens is 176 g/mol. The maximum Gasteiger partial charge on any atom is 0.335 e. The van der Waals surface area contributed by atoms with Gasteiger partial charge in [-0.1, -0.05) is 17.5 Å². The van der Waals surface area contributed by atoms with Gasteiger partial charge in [-0.05, 0) is 18.2 Å². The van der Waals surface area contributed by atoms with E-state index in [-0.39, 0.29) is 10.6 Å². The third kappa shape index (κ3) is 1.58. The molecule has 0 amide bonds. The first-order valence-electron chi connectivity index (χ1n) is 3.14. The van der Waals surface area contributed by atoms with Crippen molar-refractivity contribution in [2.45, 2.75) is 0 Å². The van der Waals surface area contributed by atoms with Crippen molar-refractivity contribution >= 4 is 17.6 Å². The second-order valence-corrected chi connectivity index (χ2v) is 2.55. The molecule has 0 aromatic heterocycles. The first-order valence-corrected chi connectivity index (χ1v) is 3.52. The standard InChI is InChI=1S/C9H5ClO2/c1-2-6-3-4-7(9(11)12)5-8(6)10/h1,3-5H,(H,11,12). The average Bonchev–Trinajstić information content (AvgIpc) is 2.04. The van der Waals surface area contributed by atoms with Gasteiger partial charge >= 0.3 is 5.97 Å². The molecule has 12 heavy (non-hydrogen) atoms. The predicted molar refractivity (Wildman–Crippen MR) is 46.3 cm³/mol. The van der Waals surface area contributed by atoms with Gasteiger partial charge in [-0.25, -0.2) is 4.79 Å². The number of carbonyl (C=O) groups is 1. The molecule has 0 spiro atoms. The fraction of sp³-hybridized carbons (Fsp3) is 0. The zero-order chi connectivity index (χ0) is 9.14. The van der Waals surface area contributed by atoms with Crippen molar-refractivity contribution in [3.8, 4) is 12.3 Å². The number of terminal acetylenes is 1. The highest BCUT2D eigenvalue weighted by Crippen LogP contribution is 2.16. The van der Waals surface area contributed by atoms with Crippen molar-refractivity contribution in [3.05, 3.63) is 34.3 Å². The van der Waals surface area contributed by atoms with Crippen LogP contribution in [0.25, 0.3) is 0 Å². The fourth-order valence-electron chi connectivity index (χ4n) is 0.765. The second-order valence-electron chi connectivity index (χ2n) is 2.14. The highest BCUT2D eigenvalue weighted by molar-refractivity contribution is 6.32. The van der Waals surface area contributed by atoms with Crippen molar-refractivity contribution in [3.63, 3.8) is 0 Å². The Labute approximate surface area is 74.8 Å². The average molecular weight is 181 g/mol. The Balaban J connectivity index is 3.21. The second kappa shape index (κ2) is 3.29. The first-order chi connectivity index (χ1) is 5.65. The zero-order valence-corrected chi connectivity index (χ0v) is 6.80. The number of carboxylic acids is 1. The van der Waals surface area contributed by atoms with Crippen LogP contribution >= 0.6 is 11.6 Å². The van der Waals surface area contributed by atoms with Gasteiger partial charge in [0.05, 0.1) is 10.6 Å². The van der Waals surface area contributed by atoms with Crippen molar-refractivity contribution in [2.24, 2.45) is 0 Å². The van der Waals surface area contributed by atoms with Gasteiger partial charge in [0.15, 0.2) is 0 Å².